The molecule has 1 heterocycles. The summed E-state index contributed by atoms with van der Waals surface area (Å²) in [6.07, 6.45) is 0.685. The normalized spacial score (nSPS) is 17.6. The van der Waals surface area contributed by atoms with E-state index in [1.165, 1.54) is 0 Å². The number of ether oxygens (including phenoxy) is 2. The van der Waals surface area contributed by atoms with Gasteiger partial charge in [0.05, 0.1) is 19.1 Å². The molecule has 2 N–H and O–H groups in total. The minimum absolute atomic E-state index is 0.185. The van der Waals surface area contributed by atoms with Gasteiger partial charge in [-0.25, -0.2) is 0 Å². The quantitative estimate of drug-likeness (QED) is 0.802. The Kier molecular flexibility index (Phi) is 4.95. The molecule has 0 bridgehead atoms. The van der Waals surface area contributed by atoms with E-state index in [9.17, 15) is 9.59 Å². The van der Waals surface area contributed by atoms with Gasteiger partial charge in [0.1, 0.15) is 5.75 Å². The fraction of sp³-hybridized carbons (Fsp3) is 0.429. The van der Waals surface area contributed by atoms with Crippen molar-refractivity contribution in [1.82, 2.24) is 10.9 Å². The van der Waals surface area contributed by atoms with E-state index in [0.717, 1.165) is 0 Å². The lowest BCUT2D eigenvalue weighted by molar-refractivity contribution is -0.125. The zero-order chi connectivity index (χ0) is 14.4. The smallest absolute Gasteiger partial charge is 0.269 e. The van der Waals surface area contributed by atoms with Gasteiger partial charge in [-0.15, -0.1) is 0 Å². The lowest BCUT2D eigenvalue weighted by atomic mass is 10.1. The second kappa shape index (κ2) is 6.91. The molecule has 20 heavy (non-hydrogen) atoms. The summed E-state index contributed by atoms with van der Waals surface area (Å²) in [5.74, 6) is -0.0612. The van der Waals surface area contributed by atoms with Crippen LogP contribution in [0.2, 0.25) is 0 Å². The summed E-state index contributed by atoms with van der Waals surface area (Å²) in [5, 5.41) is 0. The summed E-state index contributed by atoms with van der Waals surface area (Å²) in [6.45, 7) is 3.46. The summed E-state index contributed by atoms with van der Waals surface area (Å²) in [7, 11) is 0. The molecule has 2 rings (SSSR count). The van der Waals surface area contributed by atoms with Gasteiger partial charge in [-0.1, -0.05) is 0 Å². The average Bonchev–Trinajstić information content (AvgIpc) is 3.00. The van der Waals surface area contributed by atoms with Crippen LogP contribution in [0.4, 0.5) is 0 Å². The van der Waals surface area contributed by atoms with Crippen molar-refractivity contribution in [3.63, 3.8) is 0 Å². The van der Waals surface area contributed by atoms with E-state index < -0.39 is 0 Å². The maximum atomic E-state index is 11.8. The van der Waals surface area contributed by atoms with Crippen LogP contribution in [0.3, 0.4) is 0 Å². The minimum Gasteiger partial charge on any atom is -0.494 e. The first kappa shape index (κ1) is 14.3. The topological polar surface area (TPSA) is 76.7 Å². The van der Waals surface area contributed by atoms with Crippen molar-refractivity contribution < 1.29 is 19.1 Å². The maximum Gasteiger partial charge on any atom is 0.269 e. The average molecular weight is 278 g/mol. The monoisotopic (exact) mass is 278 g/mol. The van der Waals surface area contributed by atoms with Gasteiger partial charge in [-0.05, 0) is 37.6 Å². The second-order valence-corrected chi connectivity index (χ2v) is 4.46. The number of nitrogens with one attached hydrogen (secondary N) is 2. The third-order valence-corrected chi connectivity index (χ3v) is 3.03. The van der Waals surface area contributed by atoms with Crippen LogP contribution in [0.1, 0.15) is 23.7 Å². The highest BCUT2D eigenvalue weighted by Crippen LogP contribution is 2.13. The van der Waals surface area contributed by atoms with Crippen LogP contribution in [0, 0.1) is 5.92 Å². The van der Waals surface area contributed by atoms with Gasteiger partial charge < -0.3 is 9.47 Å². The van der Waals surface area contributed by atoms with Crippen LogP contribution < -0.4 is 15.6 Å². The van der Waals surface area contributed by atoms with E-state index in [0.29, 0.717) is 37.6 Å². The molecule has 1 aromatic carbocycles. The predicted octanol–water partition coefficient (Wildman–Crippen LogP) is 0.883. The number of amides is 2. The maximum absolute atomic E-state index is 11.8. The molecule has 1 aromatic rings. The van der Waals surface area contributed by atoms with Gasteiger partial charge in [0.15, 0.2) is 0 Å². The molecule has 6 heteroatoms. The molecule has 0 radical (unpaired) electrons. The first-order valence-corrected chi connectivity index (χ1v) is 6.61. The van der Waals surface area contributed by atoms with Crippen LogP contribution in [-0.2, 0) is 9.53 Å². The number of rotatable bonds is 4. The van der Waals surface area contributed by atoms with Crippen molar-refractivity contribution >= 4 is 11.8 Å². The molecule has 6 nitrogen and oxygen atoms in total. The molecule has 1 atom stereocenters. The van der Waals surface area contributed by atoms with E-state index in [4.69, 9.17) is 9.47 Å². The highest BCUT2D eigenvalue weighted by Gasteiger charge is 2.23. The second-order valence-electron chi connectivity index (χ2n) is 4.46. The first-order valence-electron chi connectivity index (χ1n) is 6.61. The number of benzene rings is 1. The third-order valence-electron chi connectivity index (χ3n) is 3.03. The van der Waals surface area contributed by atoms with Gasteiger partial charge in [0.25, 0.3) is 5.91 Å². The zero-order valence-electron chi connectivity index (χ0n) is 11.3. The largest absolute Gasteiger partial charge is 0.494 e. The van der Waals surface area contributed by atoms with Crippen LogP contribution in [0.5, 0.6) is 5.75 Å². The molecule has 1 unspecified atom stereocenters. The lowest BCUT2D eigenvalue weighted by Gasteiger charge is -2.10. The molecule has 1 fully saturated rings. The SMILES string of the molecule is CCOc1ccc(C(=O)NNC(=O)C2CCOC2)cc1. The Hall–Kier alpha value is -2.08. The first-order chi connectivity index (χ1) is 9.70. The Morgan fingerprint density at radius 1 is 1.30 bits per heavy atom. The van der Waals surface area contributed by atoms with Crippen LogP contribution >= 0.6 is 0 Å². The Morgan fingerprint density at radius 2 is 2.05 bits per heavy atom. The van der Waals surface area contributed by atoms with Crippen molar-refractivity contribution in [2.45, 2.75) is 13.3 Å². The molecule has 0 spiro atoms. The number of hydrazine groups is 1. The van der Waals surface area contributed by atoms with E-state index in [2.05, 4.69) is 10.9 Å². The lowest BCUT2D eigenvalue weighted by Crippen LogP contribution is -2.44. The van der Waals surface area contributed by atoms with Gasteiger partial charge in [0.2, 0.25) is 5.91 Å². The highest BCUT2D eigenvalue weighted by molar-refractivity contribution is 5.95. The van der Waals surface area contributed by atoms with Crippen molar-refractivity contribution in [2.24, 2.45) is 5.92 Å². The molecule has 108 valence electrons. The Labute approximate surface area is 117 Å². The Balaban J connectivity index is 1.83. The summed E-state index contributed by atoms with van der Waals surface area (Å²) in [4.78, 5) is 23.5. The van der Waals surface area contributed by atoms with Gasteiger partial charge >= 0.3 is 0 Å². The molecule has 1 aliphatic rings. The fourth-order valence-corrected chi connectivity index (χ4v) is 1.90. The number of carbonyl (C=O) groups is 2. The summed E-state index contributed by atoms with van der Waals surface area (Å²) < 4.78 is 10.4. The van der Waals surface area contributed by atoms with E-state index in [-0.39, 0.29) is 17.7 Å². The van der Waals surface area contributed by atoms with E-state index in [1.54, 1.807) is 24.3 Å². The molecule has 0 aliphatic carbocycles. The molecular formula is C14H18N2O4. The van der Waals surface area contributed by atoms with Crippen molar-refractivity contribution in [3.8, 4) is 5.75 Å². The van der Waals surface area contributed by atoms with Crippen LogP contribution in [0.15, 0.2) is 24.3 Å². The predicted molar refractivity (Wildman–Crippen MR) is 72.1 cm³/mol. The van der Waals surface area contributed by atoms with Crippen molar-refractivity contribution in [2.75, 3.05) is 19.8 Å². The number of hydrogen-bond acceptors (Lipinski definition) is 4. The molecule has 1 saturated heterocycles. The van der Waals surface area contributed by atoms with Crippen LogP contribution in [-0.4, -0.2) is 31.6 Å². The van der Waals surface area contributed by atoms with E-state index >= 15 is 0 Å². The van der Waals surface area contributed by atoms with Gasteiger partial charge in [-0.3, -0.25) is 20.4 Å². The zero-order valence-corrected chi connectivity index (χ0v) is 11.3. The standard InChI is InChI=1S/C14H18N2O4/c1-2-20-12-5-3-10(4-6-12)13(17)15-16-14(18)11-7-8-19-9-11/h3-6,11H,2,7-9H2,1H3,(H,15,17)(H,16,18). The summed E-state index contributed by atoms with van der Waals surface area (Å²) >= 11 is 0. The minimum atomic E-state index is -0.361. The Bertz CT molecular complexity index is 467. The number of carbonyl (C=O) groups excluding carboxylic acids is 2. The van der Waals surface area contributed by atoms with Gasteiger partial charge in [0, 0.05) is 12.2 Å². The number of hydrogen-bond donors (Lipinski definition) is 2. The molecule has 1 aliphatic heterocycles. The molecule has 0 saturated carbocycles. The van der Waals surface area contributed by atoms with Gasteiger partial charge in [-0.2, -0.15) is 0 Å². The summed E-state index contributed by atoms with van der Waals surface area (Å²) in [6, 6.07) is 6.71. The highest BCUT2D eigenvalue weighted by atomic mass is 16.5. The summed E-state index contributed by atoms with van der Waals surface area (Å²) in [5.41, 5.74) is 5.26. The molecular weight excluding hydrogens is 260 g/mol. The third kappa shape index (κ3) is 3.71. The molecule has 0 aromatic heterocycles. The molecule has 2 amide bonds. The van der Waals surface area contributed by atoms with Crippen LogP contribution in [0.25, 0.3) is 0 Å². The van der Waals surface area contributed by atoms with Crippen molar-refractivity contribution in [1.29, 1.82) is 0 Å². The van der Waals surface area contributed by atoms with Crippen molar-refractivity contribution in [3.05, 3.63) is 29.8 Å². The fourth-order valence-electron chi connectivity index (χ4n) is 1.90. The Morgan fingerprint density at radius 3 is 2.65 bits per heavy atom. The van der Waals surface area contributed by atoms with E-state index in [1.807, 2.05) is 6.92 Å².